The number of benzene rings is 3. The van der Waals surface area contributed by atoms with Gasteiger partial charge in [-0.05, 0) is 22.2 Å². The number of rotatable bonds is 5. The molecule has 0 aliphatic carbocycles. The maximum atomic E-state index is 11.2. The molecule has 0 fully saturated rings. The van der Waals surface area contributed by atoms with E-state index in [2.05, 4.69) is 10.0 Å². The van der Waals surface area contributed by atoms with E-state index in [1.54, 1.807) is 0 Å². The standard InChI is InChI=1S/C20H17N3O/c21-23-22-20(17-12-6-2-7-13-17,18-14-8-3-9-15-18)19(24)16-10-4-1-5-11-16/h1-15,19,24H/t19-/m0/s1. The van der Waals surface area contributed by atoms with Gasteiger partial charge in [-0.2, -0.15) is 0 Å². The Balaban J connectivity index is 2.29. The Kier molecular flexibility index (Phi) is 4.62. The molecule has 0 aromatic heterocycles. The average Bonchev–Trinajstić information content (AvgIpc) is 2.68. The Morgan fingerprint density at radius 3 is 1.58 bits per heavy atom. The molecule has 0 radical (unpaired) electrons. The van der Waals surface area contributed by atoms with Gasteiger partial charge in [-0.3, -0.25) is 0 Å². The number of hydrogen-bond donors (Lipinski definition) is 1. The third kappa shape index (κ3) is 2.76. The Morgan fingerprint density at radius 2 is 1.17 bits per heavy atom. The van der Waals surface area contributed by atoms with Crippen LogP contribution < -0.4 is 0 Å². The predicted octanol–water partition coefficient (Wildman–Crippen LogP) is 4.97. The van der Waals surface area contributed by atoms with Crippen molar-refractivity contribution in [2.24, 2.45) is 5.11 Å². The zero-order valence-corrected chi connectivity index (χ0v) is 13.0. The summed E-state index contributed by atoms with van der Waals surface area (Å²) in [6.45, 7) is 0. The van der Waals surface area contributed by atoms with Crippen LogP contribution in [0.2, 0.25) is 0 Å². The van der Waals surface area contributed by atoms with Crippen molar-refractivity contribution in [1.29, 1.82) is 0 Å². The molecule has 0 bridgehead atoms. The summed E-state index contributed by atoms with van der Waals surface area (Å²) in [6, 6.07) is 28.0. The molecule has 3 aromatic carbocycles. The van der Waals surface area contributed by atoms with Crippen LogP contribution in [0, 0.1) is 0 Å². The van der Waals surface area contributed by atoms with Gasteiger partial charge in [0, 0.05) is 4.91 Å². The molecule has 0 aliphatic heterocycles. The van der Waals surface area contributed by atoms with Crippen LogP contribution in [0.4, 0.5) is 0 Å². The molecule has 118 valence electrons. The van der Waals surface area contributed by atoms with Crippen LogP contribution in [-0.4, -0.2) is 5.11 Å². The lowest BCUT2D eigenvalue weighted by Gasteiger charge is -2.35. The van der Waals surface area contributed by atoms with Crippen LogP contribution in [0.25, 0.3) is 10.4 Å². The lowest BCUT2D eigenvalue weighted by Crippen LogP contribution is -2.32. The fraction of sp³-hybridized carbons (Fsp3) is 0.100. The first-order valence-electron chi connectivity index (χ1n) is 7.69. The summed E-state index contributed by atoms with van der Waals surface area (Å²) in [5, 5.41) is 15.3. The van der Waals surface area contributed by atoms with Gasteiger partial charge in [-0.1, -0.05) is 96.1 Å². The molecule has 4 nitrogen and oxygen atoms in total. The monoisotopic (exact) mass is 315 g/mol. The van der Waals surface area contributed by atoms with Crippen LogP contribution in [0.5, 0.6) is 0 Å². The zero-order valence-electron chi connectivity index (χ0n) is 13.0. The average molecular weight is 315 g/mol. The minimum Gasteiger partial charge on any atom is -0.387 e. The molecule has 0 saturated carbocycles. The summed E-state index contributed by atoms with van der Waals surface area (Å²) in [4.78, 5) is 3.07. The van der Waals surface area contributed by atoms with Gasteiger partial charge in [0.2, 0.25) is 0 Å². The minimum absolute atomic E-state index is 0.692. The molecule has 0 heterocycles. The van der Waals surface area contributed by atoms with Crippen LogP contribution in [0.3, 0.4) is 0 Å². The topological polar surface area (TPSA) is 69.0 Å². The molecule has 1 N–H and O–H groups in total. The summed E-state index contributed by atoms with van der Waals surface area (Å²) >= 11 is 0. The fourth-order valence-corrected chi connectivity index (χ4v) is 2.98. The molecule has 3 aromatic rings. The van der Waals surface area contributed by atoms with E-state index in [0.717, 1.165) is 11.1 Å². The second kappa shape index (κ2) is 7.01. The van der Waals surface area contributed by atoms with Crippen LogP contribution >= 0.6 is 0 Å². The van der Waals surface area contributed by atoms with E-state index < -0.39 is 11.6 Å². The highest BCUT2D eigenvalue weighted by atomic mass is 16.3. The van der Waals surface area contributed by atoms with Gasteiger partial charge in [-0.15, -0.1) is 0 Å². The highest BCUT2D eigenvalue weighted by Crippen LogP contribution is 2.44. The molecule has 1 atom stereocenters. The van der Waals surface area contributed by atoms with Crippen LogP contribution in [0.1, 0.15) is 22.8 Å². The Hall–Kier alpha value is -3.07. The van der Waals surface area contributed by atoms with Gasteiger partial charge >= 0.3 is 0 Å². The van der Waals surface area contributed by atoms with Crippen molar-refractivity contribution in [2.75, 3.05) is 0 Å². The SMILES string of the molecule is [N-]=[N+]=NC(c1ccccc1)(c1ccccc1)[C@@H](O)c1ccccc1. The number of aliphatic hydroxyl groups excluding tert-OH is 1. The number of azide groups is 1. The molecule has 24 heavy (non-hydrogen) atoms. The highest BCUT2D eigenvalue weighted by molar-refractivity contribution is 5.43. The van der Waals surface area contributed by atoms with Gasteiger partial charge in [0.15, 0.2) is 0 Å². The Bertz CT molecular complexity index is 789. The maximum Gasteiger partial charge on any atom is 0.129 e. The number of hydrogen-bond acceptors (Lipinski definition) is 2. The second-order valence-corrected chi connectivity index (χ2v) is 5.50. The van der Waals surface area contributed by atoms with E-state index in [9.17, 15) is 10.6 Å². The first-order chi connectivity index (χ1) is 11.8. The third-order valence-corrected chi connectivity index (χ3v) is 4.14. The van der Waals surface area contributed by atoms with Crippen molar-refractivity contribution in [1.82, 2.24) is 0 Å². The lowest BCUT2D eigenvalue weighted by molar-refractivity contribution is 0.105. The molecular weight excluding hydrogens is 298 g/mol. The fourth-order valence-electron chi connectivity index (χ4n) is 2.98. The van der Waals surface area contributed by atoms with E-state index in [4.69, 9.17) is 0 Å². The molecule has 3 rings (SSSR count). The molecule has 4 heteroatoms. The van der Waals surface area contributed by atoms with Gasteiger partial charge in [0.1, 0.15) is 5.54 Å². The molecule has 0 amide bonds. The second-order valence-electron chi connectivity index (χ2n) is 5.50. The third-order valence-electron chi connectivity index (χ3n) is 4.14. The largest absolute Gasteiger partial charge is 0.387 e. The quantitative estimate of drug-likeness (QED) is 0.403. The number of nitrogens with zero attached hydrogens (tertiary/aromatic N) is 3. The first-order valence-corrected chi connectivity index (χ1v) is 7.69. The summed E-state index contributed by atoms with van der Waals surface area (Å²) in [7, 11) is 0. The highest BCUT2D eigenvalue weighted by Gasteiger charge is 2.41. The van der Waals surface area contributed by atoms with Gasteiger partial charge < -0.3 is 5.11 Å². The molecule has 0 aliphatic rings. The van der Waals surface area contributed by atoms with Crippen molar-refractivity contribution in [2.45, 2.75) is 11.6 Å². The lowest BCUT2D eigenvalue weighted by atomic mass is 9.76. The van der Waals surface area contributed by atoms with E-state index in [1.165, 1.54) is 0 Å². The molecular formula is C20H17N3O. The first kappa shape index (κ1) is 15.8. The summed E-state index contributed by atoms with van der Waals surface area (Å²) < 4.78 is 0. The number of aliphatic hydroxyl groups is 1. The van der Waals surface area contributed by atoms with Crippen molar-refractivity contribution in [3.8, 4) is 0 Å². The summed E-state index contributed by atoms with van der Waals surface area (Å²) in [6.07, 6.45) is -1.01. The smallest absolute Gasteiger partial charge is 0.129 e. The van der Waals surface area contributed by atoms with E-state index in [1.807, 2.05) is 91.0 Å². The maximum absolute atomic E-state index is 11.2. The van der Waals surface area contributed by atoms with Crippen molar-refractivity contribution < 1.29 is 5.11 Å². The minimum atomic E-state index is -1.24. The molecule has 0 unspecified atom stereocenters. The van der Waals surface area contributed by atoms with Gasteiger partial charge in [-0.25, -0.2) is 0 Å². The van der Waals surface area contributed by atoms with E-state index in [0.29, 0.717) is 5.56 Å². The summed E-state index contributed by atoms with van der Waals surface area (Å²) in [5.41, 5.74) is 10.2. The van der Waals surface area contributed by atoms with Crippen molar-refractivity contribution >= 4 is 0 Å². The molecule has 0 saturated heterocycles. The Labute approximate surface area is 140 Å². The van der Waals surface area contributed by atoms with Gasteiger partial charge in [0.05, 0.1) is 6.10 Å². The Morgan fingerprint density at radius 1 is 0.750 bits per heavy atom. The van der Waals surface area contributed by atoms with Crippen molar-refractivity contribution in [3.05, 3.63) is 118 Å². The molecule has 0 spiro atoms. The van der Waals surface area contributed by atoms with Crippen molar-refractivity contribution in [3.63, 3.8) is 0 Å². The predicted molar refractivity (Wildman–Crippen MR) is 94.2 cm³/mol. The van der Waals surface area contributed by atoms with E-state index >= 15 is 0 Å². The van der Waals surface area contributed by atoms with Crippen LogP contribution in [0.15, 0.2) is 96.1 Å². The zero-order chi connectivity index (χ0) is 16.8. The van der Waals surface area contributed by atoms with E-state index in [-0.39, 0.29) is 0 Å². The normalized spacial score (nSPS) is 12.2. The van der Waals surface area contributed by atoms with Gasteiger partial charge in [0.25, 0.3) is 0 Å². The summed E-state index contributed by atoms with van der Waals surface area (Å²) in [5.74, 6) is 0. The van der Waals surface area contributed by atoms with Crippen LogP contribution in [-0.2, 0) is 5.54 Å².